The number of nitrogens with zero attached hydrogens (tertiary/aromatic N) is 3. The summed E-state index contributed by atoms with van der Waals surface area (Å²) in [5.74, 6) is 0.204. The van der Waals surface area contributed by atoms with E-state index in [4.69, 9.17) is 9.15 Å². The molecule has 0 unspecified atom stereocenters. The fourth-order valence-corrected chi connectivity index (χ4v) is 2.41. The van der Waals surface area contributed by atoms with Gasteiger partial charge in [0.05, 0.1) is 6.61 Å². The summed E-state index contributed by atoms with van der Waals surface area (Å²) < 4.78 is 10.4. The first kappa shape index (κ1) is 11.2. The number of rotatable bonds is 3. The van der Waals surface area contributed by atoms with Crippen LogP contribution in [0, 0.1) is 0 Å². The van der Waals surface area contributed by atoms with Crippen LogP contribution in [0.5, 0.6) is 0 Å². The first-order chi connectivity index (χ1) is 8.83. The second-order valence-corrected chi connectivity index (χ2v) is 4.83. The molecule has 0 bridgehead atoms. The SMILES string of the molecule is O=C1OCC[C@@H]1Sc1nnc(-c2ccncc2)o1. The van der Waals surface area contributed by atoms with Gasteiger partial charge in [-0.1, -0.05) is 0 Å². The zero-order valence-electron chi connectivity index (χ0n) is 9.28. The first-order valence-corrected chi connectivity index (χ1v) is 6.28. The predicted molar refractivity (Wildman–Crippen MR) is 62.8 cm³/mol. The lowest BCUT2D eigenvalue weighted by Gasteiger charge is -1.99. The molecule has 0 saturated carbocycles. The van der Waals surface area contributed by atoms with Crippen LogP contribution in [0.4, 0.5) is 0 Å². The average Bonchev–Trinajstić information content (AvgIpc) is 3.02. The number of ether oxygens (including phenoxy) is 1. The van der Waals surface area contributed by atoms with Gasteiger partial charge < -0.3 is 9.15 Å². The van der Waals surface area contributed by atoms with E-state index in [-0.39, 0.29) is 11.2 Å². The van der Waals surface area contributed by atoms with Gasteiger partial charge in [0, 0.05) is 24.4 Å². The summed E-state index contributed by atoms with van der Waals surface area (Å²) >= 11 is 1.24. The number of hydrogen-bond donors (Lipinski definition) is 0. The van der Waals surface area contributed by atoms with E-state index in [0.717, 1.165) is 5.56 Å². The molecule has 1 saturated heterocycles. The van der Waals surface area contributed by atoms with Crippen molar-refractivity contribution in [2.45, 2.75) is 16.9 Å². The fraction of sp³-hybridized carbons (Fsp3) is 0.273. The van der Waals surface area contributed by atoms with Crippen LogP contribution in [-0.2, 0) is 9.53 Å². The van der Waals surface area contributed by atoms with Gasteiger partial charge in [0.25, 0.3) is 5.22 Å². The van der Waals surface area contributed by atoms with Crippen LogP contribution in [-0.4, -0.2) is 33.0 Å². The van der Waals surface area contributed by atoms with Crippen LogP contribution < -0.4 is 0 Å². The Balaban J connectivity index is 1.76. The molecular formula is C11H9N3O3S. The molecule has 3 heterocycles. The van der Waals surface area contributed by atoms with E-state index < -0.39 is 0 Å². The van der Waals surface area contributed by atoms with E-state index in [1.54, 1.807) is 24.5 Å². The second-order valence-electron chi connectivity index (χ2n) is 3.67. The summed E-state index contributed by atoms with van der Waals surface area (Å²) in [6, 6.07) is 3.57. The van der Waals surface area contributed by atoms with Crippen LogP contribution in [0.15, 0.2) is 34.2 Å². The van der Waals surface area contributed by atoms with Crippen LogP contribution in [0.1, 0.15) is 6.42 Å². The van der Waals surface area contributed by atoms with Crippen LogP contribution in [0.25, 0.3) is 11.5 Å². The molecule has 7 heteroatoms. The quantitative estimate of drug-likeness (QED) is 0.777. The van der Waals surface area contributed by atoms with Crippen molar-refractivity contribution in [3.63, 3.8) is 0 Å². The molecule has 2 aromatic rings. The molecule has 3 rings (SSSR count). The number of aromatic nitrogens is 3. The van der Waals surface area contributed by atoms with Gasteiger partial charge in [-0.3, -0.25) is 9.78 Å². The van der Waals surface area contributed by atoms with E-state index in [1.807, 2.05) is 0 Å². The van der Waals surface area contributed by atoms with E-state index in [2.05, 4.69) is 15.2 Å². The Bertz CT molecular complexity index is 558. The van der Waals surface area contributed by atoms with E-state index >= 15 is 0 Å². The molecule has 92 valence electrons. The van der Waals surface area contributed by atoms with Gasteiger partial charge >= 0.3 is 5.97 Å². The number of esters is 1. The minimum absolute atomic E-state index is 0.219. The third-order valence-electron chi connectivity index (χ3n) is 2.46. The van der Waals surface area contributed by atoms with Gasteiger partial charge in [0.2, 0.25) is 5.89 Å². The van der Waals surface area contributed by atoms with E-state index in [0.29, 0.717) is 24.1 Å². The van der Waals surface area contributed by atoms with Crippen molar-refractivity contribution in [1.82, 2.24) is 15.2 Å². The third-order valence-corrected chi connectivity index (χ3v) is 3.54. The van der Waals surface area contributed by atoms with Gasteiger partial charge in [-0.05, 0) is 23.9 Å². The van der Waals surface area contributed by atoms with Crippen LogP contribution >= 0.6 is 11.8 Å². The molecule has 0 amide bonds. The van der Waals surface area contributed by atoms with Crippen molar-refractivity contribution >= 4 is 17.7 Å². The predicted octanol–water partition coefficient (Wildman–Crippen LogP) is 1.54. The molecular weight excluding hydrogens is 254 g/mol. The summed E-state index contributed by atoms with van der Waals surface area (Å²) in [6.07, 6.45) is 3.98. The molecule has 1 atom stereocenters. The highest BCUT2D eigenvalue weighted by molar-refractivity contribution is 8.00. The fourth-order valence-electron chi connectivity index (χ4n) is 1.57. The Morgan fingerprint density at radius 2 is 2.11 bits per heavy atom. The molecule has 1 aliphatic heterocycles. The summed E-state index contributed by atoms with van der Waals surface area (Å²) in [5, 5.41) is 7.98. The first-order valence-electron chi connectivity index (χ1n) is 5.40. The maximum Gasteiger partial charge on any atom is 0.319 e. The van der Waals surface area contributed by atoms with Gasteiger partial charge in [-0.15, -0.1) is 10.2 Å². The van der Waals surface area contributed by atoms with Crippen LogP contribution in [0.2, 0.25) is 0 Å². The second kappa shape index (κ2) is 4.77. The summed E-state index contributed by atoms with van der Waals surface area (Å²) in [6.45, 7) is 0.460. The smallest absolute Gasteiger partial charge is 0.319 e. The summed E-state index contributed by atoms with van der Waals surface area (Å²) in [4.78, 5) is 15.2. The average molecular weight is 263 g/mol. The topological polar surface area (TPSA) is 78.1 Å². The lowest BCUT2D eigenvalue weighted by Crippen LogP contribution is -2.09. The molecule has 0 N–H and O–H groups in total. The number of hydrogen-bond acceptors (Lipinski definition) is 7. The lowest BCUT2D eigenvalue weighted by molar-refractivity contribution is -0.137. The molecule has 2 aromatic heterocycles. The van der Waals surface area contributed by atoms with Crippen molar-refractivity contribution in [2.75, 3.05) is 6.61 Å². The Kier molecular flexibility index (Phi) is 2.97. The normalized spacial score (nSPS) is 18.9. The molecule has 6 nitrogen and oxygen atoms in total. The minimum atomic E-state index is -0.240. The van der Waals surface area contributed by atoms with Gasteiger partial charge in [0.15, 0.2) is 0 Å². The largest absolute Gasteiger partial charge is 0.465 e. The monoisotopic (exact) mass is 263 g/mol. The van der Waals surface area contributed by atoms with Crippen molar-refractivity contribution in [3.8, 4) is 11.5 Å². The van der Waals surface area contributed by atoms with Gasteiger partial charge in [0.1, 0.15) is 5.25 Å². The molecule has 0 aromatic carbocycles. The van der Waals surface area contributed by atoms with Crippen molar-refractivity contribution in [3.05, 3.63) is 24.5 Å². The Hall–Kier alpha value is -1.89. The molecule has 0 radical (unpaired) electrons. The maximum absolute atomic E-state index is 11.3. The standard InChI is InChI=1S/C11H9N3O3S/c15-10-8(3-6-16-10)18-11-14-13-9(17-11)7-1-4-12-5-2-7/h1-2,4-5,8H,3,6H2/t8-/m0/s1. The number of carbonyl (C=O) groups is 1. The van der Waals surface area contributed by atoms with Gasteiger partial charge in [-0.25, -0.2) is 0 Å². The van der Waals surface area contributed by atoms with Crippen molar-refractivity contribution in [1.29, 1.82) is 0 Å². The zero-order valence-corrected chi connectivity index (χ0v) is 10.1. The molecule has 0 spiro atoms. The van der Waals surface area contributed by atoms with E-state index in [1.165, 1.54) is 11.8 Å². The number of pyridine rings is 1. The Labute approximate surface area is 107 Å². The number of cyclic esters (lactones) is 1. The molecule has 0 aliphatic carbocycles. The minimum Gasteiger partial charge on any atom is -0.465 e. The molecule has 18 heavy (non-hydrogen) atoms. The van der Waals surface area contributed by atoms with E-state index in [9.17, 15) is 4.79 Å². The van der Waals surface area contributed by atoms with Gasteiger partial charge in [-0.2, -0.15) is 0 Å². The van der Waals surface area contributed by atoms with Crippen molar-refractivity contribution < 1.29 is 13.9 Å². The summed E-state index contributed by atoms with van der Waals surface area (Å²) in [5.41, 5.74) is 0.804. The Morgan fingerprint density at radius 3 is 2.83 bits per heavy atom. The number of thioether (sulfide) groups is 1. The zero-order chi connectivity index (χ0) is 12.4. The highest BCUT2D eigenvalue weighted by atomic mass is 32.2. The third kappa shape index (κ3) is 2.21. The van der Waals surface area contributed by atoms with Crippen molar-refractivity contribution in [2.24, 2.45) is 0 Å². The Morgan fingerprint density at radius 1 is 1.28 bits per heavy atom. The molecule has 1 aliphatic rings. The molecule has 1 fully saturated rings. The van der Waals surface area contributed by atoms with Crippen LogP contribution in [0.3, 0.4) is 0 Å². The number of carbonyl (C=O) groups excluding carboxylic acids is 1. The summed E-state index contributed by atoms with van der Waals surface area (Å²) in [7, 11) is 0. The highest BCUT2D eigenvalue weighted by Crippen LogP contribution is 2.30. The highest BCUT2D eigenvalue weighted by Gasteiger charge is 2.29. The lowest BCUT2D eigenvalue weighted by atomic mass is 10.3. The maximum atomic E-state index is 11.3.